The van der Waals surface area contributed by atoms with Gasteiger partial charge in [0.05, 0.1) is 31.8 Å². The number of carbonyl (C=O) groups is 2. The third-order valence-electron chi connectivity index (χ3n) is 5.16. The average molecular weight is 442 g/mol. The van der Waals surface area contributed by atoms with Crippen LogP contribution in [0.25, 0.3) is 0 Å². The van der Waals surface area contributed by atoms with Gasteiger partial charge in [-0.3, -0.25) is 13.9 Å². The van der Waals surface area contributed by atoms with Crippen LogP contribution in [0.15, 0.2) is 18.2 Å². The highest BCUT2D eigenvalue weighted by molar-refractivity contribution is 7.92. The van der Waals surface area contributed by atoms with Gasteiger partial charge in [-0.2, -0.15) is 0 Å². The Morgan fingerprint density at radius 3 is 2.80 bits per heavy atom. The van der Waals surface area contributed by atoms with Gasteiger partial charge >= 0.3 is 11.8 Å². The Balaban J connectivity index is 1.64. The summed E-state index contributed by atoms with van der Waals surface area (Å²) < 4.78 is 36.3. The summed E-state index contributed by atoms with van der Waals surface area (Å²) in [6.45, 7) is 1.14. The molecule has 1 atom stereocenters. The van der Waals surface area contributed by atoms with Crippen molar-refractivity contribution >= 4 is 33.2 Å². The molecule has 0 aromatic heterocycles. The summed E-state index contributed by atoms with van der Waals surface area (Å²) in [5.74, 6) is -1.71. The number of aryl methyl sites for hydroxylation is 1. The SMILES string of the molecule is CS(=O)(=O)N1CCCc2ccc(NC(=O)C(=O)NCC3(OCCO)CCOC3)cc21. The molecule has 1 saturated heterocycles. The van der Waals surface area contributed by atoms with E-state index in [4.69, 9.17) is 14.6 Å². The number of nitrogens with one attached hydrogen (secondary N) is 2. The smallest absolute Gasteiger partial charge is 0.313 e. The van der Waals surface area contributed by atoms with Crippen molar-refractivity contribution in [2.45, 2.75) is 24.9 Å². The van der Waals surface area contributed by atoms with E-state index in [1.807, 2.05) is 0 Å². The zero-order valence-corrected chi connectivity index (χ0v) is 17.7. The highest BCUT2D eigenvalue weighted by atomic mass is 32.2. The van der Waals surface area contributed by atoms with E-state index in [0.29, 0.717) is 30.9 Å². The molecular formula is C19H27N3O7S. The molecule has 2 aliphatic rings. The summed E-state index contributed by atoms with van der Waals surface area (Å²) in [5, 5.41) is 14.0. The molecule has 166 valence electrons. The first-order valence-electron chi connectivity index (χ1n) is 9.76. The minimum absolute atomic E-state index is 0.0747. The maximum atomic E-state index is 12.3. The molecule has 2 amide bonds. The normalized spacial score (nSPS) is 21.2. The lowest BCUT2D eigenvalue weighted by Crippen LogP contribution is -2.48. The van der Waals surface area contributed by atoms with Crippen LogP contribution in [0, 0.1) is 0 Å². The largest absolute Gasteiger partial charge is 0.394 e. The Morgan fingerprint density at radius 1 is 1.33 bits per heavy atom. The lowest BCUT2D eigenvalue weighted by atomic mass is 10.0. The second-order valence-corrected chi connectivity index (χ2v) is 9.38. The molecule has 2 heterocycles. The molecule has 30 heavy (non-hydrogen) atoms. The van der Waals surface area contributed by atoms with Crippen LogP contribution in [-0.2, 0) is 35.5 Å². The number of aliphatic hydroxyl groups excluding tert-OH is 1. The van der Waals surface area contributed by atoms with E-state index >= 15 is 0 Å². The average Bonchev–Trinajstić information content (AvgIpc) is 3.18. The van der Waals surface area contributed by atoms with Crippen LogP contribution in [-0.4, -0.2) is 76.7 Å². The fourth-order valence-electron chi connectivity index (χ4n) is 3.63. The molecule has 0 bridgehead atoms. The van der Waals surface area contributed by atoms with Gasteiger partial charge in [0.15, 0.2) is 0 Å². The number of benzene rings is 1. The van der Waals surface area contributed by atoms with Crippen molar-refractivity contribution in [3.8, 4) is 0 Å². The number of sulfonamides is 1. The first kappa shape index (κ1) is 22.5. The number of rotatable bonds is 7. The minimum Gasteiger partial charge on any atom is -0.394 e. The topological polar surface area (TPSA) is 134 Å². The van der Waals surface area contributed by atoms with Gasteiger partial charge in [-0.25, -0.2) is 8.42 Å². The zero-order chi connectivity index (χ0) is 21.8. The Hall–Kier alpha value is -2.21. The molecule has 0 saturated carbocycles. The van der Waals surface area contributed by atoms with Gasteiger partial charge < -0.3 is 25.2 Å². The number of hydrogen-bond donors (Lipinski definition) is 3. The van der Waals surface area contributed by atoms with Crippen LogP contribution < -0.4 is 14.9 Å². The summed E-state index contributed by atoms with van der Waals surface area (Å²) in [6, 6.07) is 4.97. The van der Waals surface area contributed by atoms with Gasteiger partial charge in [0, 0.05) is 31.8 Å². The number of anilines is 2. The number of amides is 2. The summed E-state index contributed by atoms with van der Waals surface area (Å²) in [5.41, 5.74) is 0.958. The maximum Gasteiger partial charge on any atom is 0.313 e. The van der Waals surface area contributed by atoms with Gasteiger partial charge in [0.2, 0.25) is 10.0 Å². The molecule has 0 spiro atoms. The van der Waals surface area contributed by atoms with E-state index in [-0.39, 0.29) is 26.4 Å². The molecule has 11 heteroatoms. The molecule has 10 nitrogen and oxygen atoms in total. The van der Waals surface area contributed by atoms with Gasteiger partial charge in [0.1, 0.15) is 5.60 Å². The third-order valence-corrected chi connectivity index (χ3v) is 6.34. The van der Waals surface area contributed by atoms with Crippen LogP contribution in [0.1, 0.15) is 18.4 Å². The van der Waals surface area contributed by atoms with Crippen LogP contribution >= 0.6 is 0 Å². The second-order valence-electron chi connectivity index (χ2n) is 7.48. The molecule has 0 aliphatic carbocycles. The van der Waals surface area contributed by atoms with Crippen molar-refractivity contribution in [3.05, 3.63) is 23.8 Å². The van der Waals surface area contributed by atoms with Gasteiger partial charge in [-0.05, 0) is 30.5 Å². The first-order valence-corrected chi connectivity index (χ1v) is 11.6. The number of hydrogen-bond acceptors (Lipinski definition) is 7. The van der Waals surface area contributed by atoms with E-state index in [9.17, 15) is 18.0 Å². The summed E-state index contributed by atoms with van der Waals surface area (Å²) in [4.78, 5) is 24.6. The lowest BCUT2D eigenvalue weighted by molar-refractivity contribution is -0.137. The van der Waals surface area contributed by atoms with Crippen molar-refractivity contribution in [3.63, 3.8) is 0 Å². The molecule has 3 N–H and O–H groups in total. The highest BCUT2D eigenvalue weighted by Crippen LogP contribution is 2.31. The fourth-order valence-corrected chi connectivity index (χ4v) is 4.62. The molecule has 2 aliphatic heterocycles. The Kier molecular flexibility index (Phi) is 6.96. The molecular weight excluding hydrogens is 414 g/mol. The number of fused-ring (bicyclic) bond motifs is 1. The summed E-state index contributed by atoms with van der Waals surface area (Å²) in [6.07, 6.45) is 3.15. The predicted molar refractivity (Wildman–Crippen MR) is 110 cm³/mol. The lowest BCUT2D eigenvalue weighted by Gasteiger charge is -2.29. The van der Waals surface area contributed by atoms with Crippen LogP contribution in [0.2, 0.25) is 0 Å². The predicted octanol–water partition coefficient (Wildman–Crippen LogP) is -0.378. The van der Waals surface area contributed by atoms with Crippen molar-refractivity contribution in [1.29, 1.82) is 0 Å². The maximum absolute atomic E-state index is 12.3. The van der Waals surface area contributed by atoms with Gasteiger partial charge in [-0.1, -0.05) is 6.07 Å². The number of nitrogens with zero attached hydrogens (tertiary/aromatic N) is 1. The number of carbonyl (C=O) groups excluding carboxylic acids is 2. The molecule has 1 aromatic rings. The van der Waals surface area contributed by atoms with Crippen molar-refractivity contribution in [2.24, 2.45) is 0 Å². The summed E-state index contributed by atoms with van der Waals surface area (Å²) in [7, 11) is -3.44. The Morgan fingerprint density at radius 2 is 2.13 bits per heavy atom. The third kappa shape index (κ3) is 5.28. The van der Waals surface area contributed by atoms with Crippen molar-refractivity contribution < 1.29 is 32.6 Å². The first-order chi connectivity index (χ1) is 14.2. The molecule has 1 fully saturated rings. The Labute approximate surface area is 175 Å². The van der Waals surface area contributed by atoms with E-state index in [1.54, 1.807) is 18.2 Å². The minimum atomic E-state index is -3.44. The molecule has 1 aromatic carbocycles. The van der Waals surface area contributed by atoms with E-state index in [0.717, 1.165) is 24.7 Å². The van der Waals surface area contributed by atoms with E-state index in [1.165, 1.54) is 4.31 Å². The van der Waals surface area contributed by atoms with Crippen molar-refractivity contribution in [1.82, 2.24) is 5.32 Å². The van der Waals surface area contributed by atoms with E-state index < -0.39 is 27.4 Å². The molecule has 0 radical (unpaired) electrons. The fraction of sp³-hybridized carbons (Fsp3) is 0.579. The highest BCUT2D eigenvalue weighted by Gasteiger charge is 2.37. The monoisotopic (exact) mass is 441 g/mol. The number of ether oxygens (including phenoxy) is 2. The van der Waals surface area contributed by atoms with Crippen molar-refractivity contribution in [2.75, 3.05) is 55.4 Å². The zero-order valence-electron chi connectivity index (χ0n) is 16.8. The second kappa shape index (κ2) is 9.29. The van der Waals surface area contributed by atoms with Gasteiger partial charge in [0.25, 0.3) is 0 Å². The van der Waals surface area contributed by atoms with Crippen LogP contribution in [0.4, 0.5) is 11.4 Å². The standard InChI is InChI=1S/C19H27N3O7S/c1-30(26,27)22-7-2-3-14-4-5-15(11-16(14)22)21-18(25)17(24)20-12-19(29-10-8-23)6-9-28-13-19/h4-5,11,23H,2-3,6-10,12-13H2,1H3,(H,20,24)(H,21,25). The Bertz CT molecular complexity index is 897. The number of aliphatic hydroxyl groups is 1. The van der Waals surface area contributed by atoms with E-state index in [2.05, 4.69) is 10.6 Å². The van der Waals surface area contributed by atoms with Gasteiger partial charge in [-0.15, -0.1) is 0 Å². The van der Waals surface area contributed by atoms with Crippen LogP contribution in [0.5, 0.6) is 0 Å². The molecule has 1 unspecified atom stereocenters. The molecule has 3 rings (SSSR count). The van der Waals surface area contributed by atoms with Crippen LogP contribution in [0.3, 0.4) is 0 Å². The quantitative estimate of drug-likeness (QED) is 0.491. The summed E-state index contributed by atoms with van der Waals surface area (Å²) >= 11 is 0.